The summed E-state index contributed by atoms with van der Waals surface area (Å²) in [5.41, 5.74) is 2.17. The van der Waals surface area contributed by atoms with Gasteiger partial charge in [-0.25, -0.2) is 4.99 Å². The number of halogens is 1. The van der Waals surface area contributed by atoms with Crippen LogP contribution < -0.4 is 10.1 Å². The van der Waals surface area contributed by atoms with Crippen molar-refractivity contribution in [3.05, 3.63) is 104 Å². The van der Waals surface area contributed by atoms with Crippen LogP contribution in [0.3, 0.4) is 0 Å². The van der Waals surface area contributed by atoms with E-state index in [0.717, 1.165) is 11.1 Å². The molecule has 0 radical (unpaired) electrons. The van der Waals surface area contributed by atoms with Crippen molar-refractivity contribution in [1.29, 1.82) is 0 Å². The van der Waals surface area contributed by atoms with Crippen molar-refractivity contribution in [2.75, 3.05) is 0 Å². The van der Waals surface area contributed by atoms with Crippen LogP contribution in [0.1, 0.15) is 11.1 Å². The average molecular weight is 466 g/mol. The molecular formula is C23H16ClN3O4S. The maximum absolute atomic E-state index is 12.4. The van der Waals surface area contributed by atoms with Crippen molar-refractivity contribution >= 4 is 51.9 Å². The van der Waals surface area contributed by atoms with Gasteiger partial charge in [-0.05, 0) is 53.7 Å². The second kappa shape index (κ2) is 9.67. The summed E-state index contributed by atoms with van der Waals surface area (Å²) in [5, 5.41) is 14.5. The standard InChI is InChI=1S/C23H16ClN3O4S/c24-17-6-3-4-15(12-17)14-31-20-7-2-1-5-16(20)13-21-22(28)26-23(32-21)25-18-8-10-19(11-9-18)27(29)30/h1-13H,14H2,(H,25,26,28)/b21-13-. The summed E-state index contributed by atoms with van der Waals surface area (Å²) >= 11 is 7.21. The Kier molecular flexibility index (Phi) is 6.53. The second-order valence-corrected chi connectivity index (χ2v) is 8.18. The lowest BCUT2D eigenvalue weighted by atomic mass is 10.2. The summed E-state index contributed by atoms with van der Waals surface area (Å²) in [6.07, 6.45) is 1.74. The fourth-order valence-electron chi connectivity index (χ4n) is 2.91. The summed E-state index contributed by atoms with van der Waals surface area (Å²) in [5.74, 6) is 0.356. The number of nitro groups is 1. The third-order valence-corrected chi connectivity index (χ3v) is 5.58. The van der Waals surface area contributed by atoms with Gasteiger partial charge >= 0.3 is 0 Å². The van der Waals surface area contributed by atoms with Crippen molar-refractivity contribution in [3.8, 4) is 5.75 Å². The first-order valence-electron chi connectivity index (χ1n) is 9.48. The summed E-state index contributed by atoms with van der Waals surface area (Å²) < 4.78 is 5.95. The average Bonchev–Trinajstić information content (AvgIpc) is 3.12. The number of nitro benzene ring substituents is 1. The Labute approximate surface area is 192 Å². The molecule has 0 saturated carbocycles. The van der Waals surface area contributed by atoms with Crippen molar-refractivity contribution in [2.45, 2.75) is 6.61 Å². The van der Waals surface area contributed by atoms with Crippen LogP contribution in [0.25, 0.3) is 6.08 Å². The second-order valence-electron chi connectivity index (χ2n) is 6.71. The van der Waals surface area contributed by atoms with Gasteiger partial charge in [-0.3, -0.25) is 14.9 Å². The fraction of sp³-hybridized carbons (Fsp3) is 0.0435. The number of aliphatic imine (C=N–C) groups is 1. The van der Waals surface area contributed by atoms with Gasteiger partial charge in [0.2, 0.25) is 0 Å². The molecule has 1 amide bonds. The molecule has 0 unspecified atom stereocenters. The molecule has 4 rings (SSSR count). The molecule has 1 fully saturated rings. The number of benzene rings is 3. The summed E-state index contributed by atoms with van der Waals surface area (Å²) in [6, 6.07) is 20.6. The van der Waals surface area contributed by atoms with Crippen LogP contribution in [0, 0.1) is 10.1 Å². The topological polar surface area (TPSA) is 93.8 Å². The van der Waals surface area contributed by atoms with Gasteiger partial charge in [-0.1, -0.05) is 41.9 Å². The molecule has 0 atom stereocenters. The Morgan fingerprint density at radius 1 is 1.09 bits per heavy atom. The van der Waals surface area contributed by atoms with E-state index in [9.17, 15) is 14.9 Å². The number of carbonyl (C=O) groups is 1. The Hall–Kier alpha value is -3.62. The Morgan fingerprint density at radius 2 is 1.88 bits per heavy atom. The maximum Gasteiger partial charge on any atom is 0.269 e. The first kappa shape index (κ1) is 21.6. The lowest BCUT2D eigenvalue weighted by molar-refractivity contribution is -0.384. The van der Waals surface area contributed by atoms with E-state index >= 15 is 0 Å². The van der Waals surface area contributed by atoms with Gasteiger partial charge in [-0.15, -0.1) is 0 Å². The highest BCUT2D eigenvalue weighted by atomic mass is 35.5. The number of nitrogens with one attached hydrogen (secondary N) is 1. The van der Waals surface area contributed by atoms with Gasteiger partial charge in [-0.2, -0.15) is 0 Å². The van der Waals surface area contributed by atoms with Gasteiger partial charge in [0.1, 0.15) is 12.4 Å². The van der Waals surface area contributed by atoms with Crippen molar-refractivity contribution in [1.82, 2.24) is 5.32 Å². The molecular weight excluding hydrogens is 450 g/mol. The van der Waals surface area contributed by atoms with Crippen LogP contribution >= 0.6 is 23.4 Å². The molecule has 9 heteroatoms. The number of para-hydroxylation sites is 1. The molecule has 3 aromatic carbocycles. The Morgan fingerprint density at radius 3 is 2.62 bits per heavy atom. The molecule has 1 aliphatic rings. The minimum absolute atomic E-state index is 0.0213. The first-order valence-corrected chi connectivity index (χ1v) is 10.7. The van der Waals surface area contributed by atoms with E-state index in [1.807, 2.05) is 42.5 Å². The molecule has 0 aromatic heterocycles. The van der Waals surface area contributed by atoms with E-state index in [-0.39, 0.29) is 11.6 Å². The number of nitrogens with zero attached hydrogens (tertiary/aromatic N) is 2. The van der Waals surface area contributed by atoms with E-state index < -0.39 is 4.92 Å². The molecule has 0 aliphatic carbocycles. The molecule has 1 N–H and O–H groups in total. The minimum atomic E-state index is -0.476. The van der Waals surface area contributed by atoms with Gasteiger partial charge in [0.25, 0.3) is 11.6 Å². The van der Waals surface area contributed by atoms with E-state index in [1.54, 1.807) is 12.1 Å². The maximum atomic E-state index is 12.4. The molecule has 32 heavy (non-hydrogen) atoms. The van der Waals surface area contributed by atoms with Gasteiger partial charge in [0, 0.05) is 22.7 Å². The van der Waals surface area contributed by atoms with Crippen molar-refractivity contribution in [3.63, 3.8) is 0 Å². The number of non-ortho nitro benzene ring substituents is 1. The summed E-state index contributed by atoms with van der Waals surface area (Å²) in [7, 11) is 0. The zero-order chi connectivity index (χ0) is 22.5. The fourth-order valence-corrected chi connectivity index (χ4v) is 3.95. The Balaban J connectivity index is 1.50. The lowest BCUT2D eigenvalue weighted by Crippen LogP contribution is -2.19. The van der Waals surface area contributed by atoms with E-state index in [0.29, 0.717) is 33.1 Å². The number of carbonyl (C=O) groups excluding carboxylic acids is 1. The number of hydrogen-bond acceptors (Lipinski definition) is 6. The van der Waals surface area contributed by atoms with Gasteiger partial charge in [0.15, 0.2) is 5.17 Å². The molecule has 160 valence electrons. The summed E-state index contributed by atoms with van der Waals surface area (Å²) in [6.45, 7) is 0.340. The first-order chi connectivity index (χ1) is 15.5. The van der Waals surface area contributed by atoms with Crippen LogP contribution in [0.4, 0.5) is 11.4 Å². The zero-order valence-electron chi connectivity index (χ0n) is 16.5. The van der Waals surface area contributed by atoms with E-state index in [1.165, 1.54) is 36.0 Å². The van der Waals surface area contributed by atoms with E-state index in [2.05, 4.69) is 10.3 Å². The number of amides is 1. The van der Waals surface area contributed by atoms with Crippen LogP contribution in [0.2, 0.25) is 5.02 Å². The molecule has 7 nitrogen and oxygen atoms in total. The van der Waals surface area contributed by atoms with Crippen molar-refractivity contribution < 1.29 is 14.5 Å². The molecule has 1 heterocycles. The van der Waals surface area contributed by atoms with Crippen LogP contribution in [-0.4, -0.2) is 16.0 Å². The number of rotatable bonds is 6. The molecule has 0 bridgehead atoms. The van der Waals surface area contributed by atoms with Gasteiger partial charge < -0.3 is 10.1 Å². The van der Waals surface area contributed by atoms with Crippen molar-refractivity contribution in [2.24, 2.45) is 4.99 Å². The van der Waals surface area contributed by atoms with Gasteiger partial charge in [0.05, 0.1) is 15.5 Å². The highest BCUT2D eigenvalue weighted by molar-refractivity contribution is 8.18. The number of thioether (sulfide) groups is 1. The molecule has 3 aromatic rings. The predicted octanol–water partition coefficient (Wildman–Crippen LogP) is 5.72. The third-order valence-electron chi connectivity index (χ3n) is 4.43. The molecule has 0 spiro atoms. The Bertz CT molecular complexity index is 1240. The molecule has 1 saturated heterocycles. The minimum Gasteiger partial charge on any atom is -0.488 e. The van der Waals surface area contributed by atoms with Crippen LogP contribution in [0.15, 0.2) is 82.7 Å². The number of hydrogen-bond donors (Lipinski definition) is 1. The van der Waals surface area contributed by atoms with E-state index in [4.69, 9.17) is 16.3 Å². The molecule has 1 aliphatic heterocycles. The smallest absolute Gasteiger partial charge is 0.269 e. The predicted molar refractivity (Wildman–Crippen MR) is 126 cm³/mol. The SMILES string of the molecule is O=C1NC(=Nc2ccc([N+](=O)[O-])cc2)S/C1=C\c1ccccc1OCc1cccc(Cl)c1. The monoisotopic (exact) mass is 465 g/mol. The number of amidine groups is 1. The highest BCUT2D eigenvalue weighted by Crippen LogP contribution is 2.31. The summed E-state index contributed by atoms with van der Waals surface area (Å²) in [4.78, 5) is 27.5. The van der Waals surface area contributed by atoms with Crippen LogP contribution in [0.5, 0.6) is 5.75 Å². The lowest BCUT2D eigenvalue weighted by Gasteiger charge is -2.09. The van der Waals surface area contributed by atoms with Crippen LogP contribution in [-0.2, 0) is 11.4 Å². The largest absolute Gasteiger partial charge is 0.488 e. The highest BCUT2D eigenvalue weighted by Gasteiger charge is 2.24. The quantitative estimate of drug-likeness (QED) is 0.285. The normalized spacial score (nSPS) is 15.7. The third kappa shape index (κ3) is 5.35. The zero-order valence-corrected chi connectivity index (χ0v) is 18.1. The number of ether oxygens (including phenoxy) is 1.